The van der Waals surface area contributed by atoms with Crippen LogP contribution in [0.5, 0.6) is 5.75 Å². The third-order valence-corrected chi connectivity index (χ3v) is 4.73. The minimum Gasteiger partial charge on any atom is -0.496 e. The topological polar surface area (TPSA) is 100.0 Å². The molecule has 1 aliphatic rings. The summed E-state index contributed by atoms with van der Waals surface area (Å²) in [6.45, 7) is 3.57. The van der Waals surface area contributed by atoms with E-state index >= 15 is 0 Å². The molecule has 3 heterocycles. The highest BCUT2D eigenvalue weighted by atomic mass is 16.5. The molecule has 3 aromatic rings. The van der Waals surface area contributed by atoms with Crippen LogP contribution in [0, 0.1) is 6.92 Å². The van der Waals surface area contributed by atoms with E-state index in [1.807, 2.05) is 25.1 Å². The highest BCUT2D eigenvalue weighted by molar-refractivity contribution is 5.84. The van der Waals surface area contributed by atoms with Crippen LogP contribution in [0.4, 0.5) is 5.82 Å². The van der Waals surface area contributed by atoms with Crippen molar-refractivity contribution in [1.29, 1.82) is 0 Å². The van der Waals surface area contributed by atoms with Gasteiger partial charge in [-0.25, -0.2) is 14.8 Å². The normalized spacial score (nSPS) is 17.3. The van der Waals surface area contributed by atoms with Crippen LogP contribution in [-0.4, -0.2) is 39.3 Å². The van der Waals surface area contributed by atoms with Crippen LogP contribution in [0.2, 0.25) is 0 Å². The molecule has 0 saturated carbocycles. The fourth-order valence-corrected chi connectivity index (χ4v) is 3.44. The maximum Gasteiger partial charge on any atom is 0.335 e. The lowest BCUT2D eigenvalue weighted by molar-refractivity contribution is 0.411. The van der Waals surface area contributed by atoms with Crippen LogP contribution in [0.15, 0.2) is 29.3 Å². The summed E-state index contributed by atoms with van der Waals surface area (Å²) in [6, 6.07) is 5.68. The molecular formula is C17H20N6O2. The molecule has 1 fully saturated rings. The van der Waals surface area contributed by atoms with Crippen LogP contribution in [0.25, 0.3) is 16.9 Å². The van der Waals surface area contributed by atoms with E-state index in [0.717, 1.165) is 25.1 Å². The smallest absolute Gasteiger partial charge is 0.335 e. The first kappa shape index (κ1) is 15.6. The van der Waals surface area contributed by atoms with E-state index in [2.05, 4.69) is 15.3 Å². The lowest BCUT2D eigenvalue weighted by Gasteiger charge is -2.10. The molecule has 1 aromatic carbocycles. The lowest BCUT2D eigenvalue weighted by atomic mass is 10.2. The highest BCUT2D eigenvalue weighted by Crippen LogP contribution is 2.27. The Bertz CT molecular complexity index is 1000. The molecule has 4 rings (SSSR count). The molecule has 1 unspecified atom stereocenters. The number of anilines is 1. The SMILES string of the molecule is COc1cc(-n2c(=O)n(C3CCNC3)c3ncnc(N)c32)ccc1C. The Kier molecular flexibility index (Phi) is 3.69. The number of nitrogen functional groups attached to an aromatic ring is 1. The molecule has 1 aliphatic heterocycles. The van der Waals surface area contributed by atoms with E-state index in [4.69, 9.17) is 10.5 Å². The Morgan fingerprint density at radius 3 is 2.92 bits per heavy atom. The molecule has 0 spiro atoms. The summed E-state index contributed by atoms with van der Waals surface area (Å²) in [6.07, 6.45) is 2.27. The zero-order valence-electron chi connectivity index (χ0n) is 14.2. The number of nitrogens with two attached hydrogens (primary N) is 1. The van der Waals surface area contributed by atoms with Crippen LogP contribution < -0.4 is 21.5 Å². The minimum atomic E-state index is -0.165. The molecule has 0 bridgehead atoms. The zero-order chi connectivity index (χ0) is 17.6. The van der Waals surface area contributed by atoms with E-state index in [1.54, 1.807) is 16.2 Å². The summed E-state index contributed by atoms with van der Waals surface area (Å²) in [5, 5.41) is 3.29. The van der Waals surface area contributed by atoms with Crippen molar-refractivity contribution in [2.24, 2.45) is 0 Å². The van der Waals surface area contributed by atoms with E-state index in [1.165, 1.54) is 6.33 Å². The molecule has 0 radical (unpaired) electrons. The second kappa shape index (κ2) is 5.89. The molecule has 2 aromatic heterocycles. The van der Waals surface area contributed by atoms with Gasteiger partial charge in [0.1, 0.15) is 17.6 Å². The summed E-state index contributed by atoms with van der Waals surface area (Å²) in [7, 11) is 1.61. The molecule has 25 heavy (non-hydrogen) atoms. The average Bonchev–Trinajstić information content (AvgIpc) is 3.22. The number of methoxy groups -OCH3 is 1. The summed E-state index contributed by atoms with van der Waals surface area (Å²) in [4.78, 5) is 21.7. The first-order chi connectivity index (χ1) is 12.1. The summed E-state index contributed by atoms with van der Waals surface area (Å²) in [5.74, 6) is 0.995. The molecule has 0 aliphatic carbocycles. The Morgan fingerprint density at radius 1 is 1.36 bits per heavy atom. The predicted molar refractivity (Wildman–Crippen MR) is 95.4 cm³/mol. The predicted octanol–water partition coefficient (Wildman–Crippen LogP) is 1.02. The number of benzene rings is 1. The second-order valence-corrected chi connectivity index (χ2v) is 6.22. The molecule has 1 saturated heterocycles. The quantitative estimate of drug-likeness (QED) is 0.738. The Hall–Kier alpha value is -2.87. The number of imidazole rings is 1. The second-order valence-electron chi connectivity index (χ2n) is 6.22. The van der Waals surface area contributed by atoms with E-state index in [-0.39, 0.29) is 17.5 Å². The van der Waals surface area contributed by atoms with Crippen molar-refractivity contribution in [2.75, 3.05) is 25.9 Å². The van der Waals surface area contributed by atoms with E-state index in [9.17, 15) is 4.79 Å². The number of aromatic nitrogens is 4. The lowest BCUT2D eigenvalue weighted by Crippen LogP contribution is -2.28. The number of nitrogens with one attached hydrogen (secondary N) is 1. The molecule has 8 heteroatoms. The number of fused-ring (bicyclic) bond motifs is 1. The van der Waals surface area contributed by atoms with Gasteiger partial charge in [0.25, 0.3) is 0 Å². The van der Waals surface area contributed by atoms with Gasteiger partial charge in [-0.3, -0.25) is 9.13 Å². The first-order valence-corrected chi connectivity index (χ1v) is 8.21. The van der Waals surface area contributed by atoms with Crippen LogP contribution in [0.3, 0.4) is 0 Å². The van der Waals surface area contributed by atoms with Gasteiger partial charge < -0.3 is 15.8 Å². The molecular weight excluding hydrogens is 320 g/mol. The van der Waals surface area contributed by atoms with Gasteiger partial charge in [-0.1, -0.05) is 6.07 Å². The maximum absolute atomic E-state index is 13.2. The molecule has 3 N–H and O–H groups in total. The van der Waals surface area contributed by atoms with Crippen molar-refractivity contribution in [1.82, 2.24) is 24.4 Å². The largest absolute Gasteiger partial charge is 0.496 e. The minimum absolute atomic E-state index is 0.0536. The Labute approximate surface area is 144 Å². The standard InChI is InChI=1S/C17H20N6O2/c1-10-3-4-11(7-13(10)25-2)22-14-15(18)20-9-21-16(14)23(17(22)24)12-5-6-19-8-12/h3-4,7,9,12,19H,5-6,8H2,1-2H3,(H2,18,20,21). The van der Waals surface area contributed by atoms with Gasteiger partial charge in [0.15, 0.2) is 11.5 Å². The monoisotopic (exact) mass is 340 g/mol. The van der Waals surface area contributed by atoms with Crippen molar-refractivity contribution >= 4 is 17.0 Å². The zero-order valence-corrected chi connectivity index (χ0v) is 14.2. The fourth-order valence-electron chi connectivity index (χ4n) is 3.44. The number of rotatable bonds is 3. The summed E-state index contributed by atoms with van der Waals surface area (Å²) >= 11 is 0. The van der Waals surface area contributed by atoms with Crippen molar-refractivity contribution in [3.63, 3.8) is 0 Å². The van der Waals surface area contributed by atoms with E-state index in [0.29, 0.717) is 22.6 Å². The van der Waals surface area contributed by atoms with Gasteiger partial charge in [0, 0.05) is 12.6 Å². The van der Waals surface area contributed by atoms with Gasteiger partial charge in [0.05, 0.1) is 18.8 Å². The van der Waals surface area contributed by atoms with Crippen molar-refractivity contribution in [3.8, 4) is 11.4 Å². The van der Waals surface area contributed by atoms with Crippen LogP contribution >= 0.6 is 0 Å². The van der Waals surface area contributed by atoms with Crippen molar-refractivity contribution in [3.05, 3.63) is 40.6 Å². The third-order valence-electron chi connectivity index (χ3n) is 4.73. The molecule has 130 valence electrons. The number of nitrogens with zero attached hydrogens (tertiary/aromatic N) is 4. The third kappa shape index (κ3) is 2.37. The van der Waals surface area contributed by atoms with Crippen LogP contribution in [-0.2, 0) is 0 Å². The van der Waals surface area contributed by atoms with E-state index < -0.39 is 0 Å². The highest BCUT2D eigenvalue weighted by Gasteiger charge is 2.26. The maximum atomic E-state index is 13.2. The average molecular weight is 340 g/mol. The fraction of sp³-hybridized carbons (Fsp3) is 0.353. The van der Waals surface area contributed by atoms with Crippen LogP contribution in [0.1, 0.15) is 18.0 Å². The number of aryl methyl sites for hydroxylation is 1. The number of hydrogen-bond acceptors (Lipinski definition) is 6. The molecule has 8 nitrogen and oxygen atoms in total. The van der Waals surface area contributed by atoms with Gasteiger partial charge >= 0.3 is 5.69 Å². The number of ether oxygens (including phenoxy) is 1. The van der Waals surface area contributed by atoms with Gasteiger partial charge in [0.2, 0.25) is 0 Å². The Morgan fingerprint density at radius 2 is 2.20 bits per heavy atom. The Balaban J connectivity index is 2.04. The van der Waals surface area contributed by atoms with Gasteiger partial charge in [-0.05, 0) is 31.5 Å². The molecule has 1 atom stereocenters. The summed E-state index contributed by atoms with van der Waals surface area (Å²) in [5.41, 5.74) is 8.71. The first-order valence-electron chi connectivity index (χ1n) is 8.21. The van der Waals surface area contributed by atoms with Crippen molar-refractivity contribution in [2.45, 2.75) is 19.4 Å². The van der Waals surface area contributed by atoms with Gasteiger partial charge in [-0.15, -0.1) is 0 Å². The molecule has 0 amide bonds. The number of hydrogen-bond donors (Lipinski definition) is 2. The van der Waals surface area contributed by atoms with Crippen molar-refractivity contribution < 1.29 is 4.74 Å². The van der Waals surface area contributed by atoms with Gasteiger partial charge in [-0.2, -0.15) is 0 Å². The summed E-state index contributed by atoms with van der Waals surface area (Å²) < 4.78 is 8.70.